The second-order valence-corrected chi connectivity index (χ2v) is 2.37. The number of aromatic nitrogens is 1. The molecule has 0 aliphatic rings. The summed E-state index contributed by atoms with van der Waals surface area (Å²) in [6, 6.07) is 5.19. The van der Waals surface area contributed by atoms with Crippen LogP contribution in [0.1, 0.15) is 19.5 Å². The summed E-state index contributed by atoms with van der Waals surface area (Å²) >= 11 is 0. The number of pyridine rings is 1. The molecule has 1 aromatic heterocycles. The molecule has 1 aromatic rings. The van der Waals surface area contributed by atoms with Gasteiger partial charge in [-0.25, -0.2) is 9.78 Å². The zero-order valence-electron chi connectivity index (χ0n) is 9.09. The van der Waals surface area contributed by atoms with Crippen LogP contribution in [0.5, 0.6) is 0 Å². The molecule has 1 heterocycles. The van der Waals surface area contributed by atoms with E-state index in [4.69, 9.17) is 0 Å². The van der Waals surface area contributed by atoms with E-state index in [0.717, 1.165) is 5.69 Å². The summed E-state index contributed by atoms with van der Waals surface area (Å²) in [4.78, 5) is 14.9. The van der Waals surface area contributed by atoms with Crippen LogP contribution in [0.2, 0.25) is 0 Å². The summed E-state index contributed by atoms with van der Waals surface area (Å²) in [5.74, 6) is 0.564. The average Bonchev–Trinajstić information content (AvgIpc) is 2.21. The lowest BCUT2D eigenvalue weighted by Crippen LogP contribution is -2.24. The first-order valence-corrected chi connectivity index (χ1v) is 4.65. The Hall–Kier alpha value is -1.58. The first-order chi connectivity index (χ1) is 6.72. The Morgan fingerprint density at radius 3 is 2.50 bits per heavy atom. The highest BCUT2D eigenvalue weighted by Gasteiger charge is 1.97. The smallest absolute Gasteiger partial charge is 0.320 e. The van der Waals surface area contributed by atoms with E-state index in [1.54, 1.807) is 13.1 Å². The van der Waals surface area contributed by atoms with Gasteiger partial charge in [-0.2, -0.15) is 0 Å². The molecule has 4 heteroatoms. The van der Waals surface area contributed by atoms with Crippen molar-refractivity contribution >= 4 is 11.8 Å². The second-order valence-electron chi connectivity index (χ2n) is 2.37. The number of anilines is 1. The average molecular weight is 195 g/mol. The van der Waals surface area contributed by atoms with E-state index in [1.165, 1.54) is 0 Å². The maximum Gasteiger partial charge on any atom is 0.320 e. The first kappa shape index (κ1) is 12.4. The zero-order valence-corrected chi connectivity index (χ0v) is 9.09. The molecule has 0 spiro atoms. The van der Waals surface area contributed by atoms with Gasteiger partial charge >= 0.3 is 6.03 Å². The van der Waals surface area contributed by atoms with Crippen LogP contribution in [-0.4, -0.2) is 18.1 Å². The van der Waals surface area contributed by atoms with Gasteiger partial charge in [-0.05, 0) is 19.1 Å². The third kappa shape index (κ3) is 4.45. The van der Waals surface area contributed by atoms with Gasteiger partial charge in [0.2, 0.25) is 0 Å². The van der Waals surface area contributed by atoms with Crippen molar-refractivity contribution in [3.63, 3.8) is 0 Å². The van der Waals surface area contributed by atoms with Gasteiger partial charge < -0.3 is 5.32 Å². The number of rotatable bonds is 1. The summed E-state index contributed by atoms with van der Waals surface area (Å²) in [6.45, 7) is 5.87. The fourth-order valence-electron chi connectivity index (χ4n) is 0.791. The van der Waals surface area contributed by atoms with Crippen molar-refractivity contribution in [1.82, 2.24) is 10.3 Å². The summed E-state index contributed by atoms with van der Waals surface area (Å²) in [5.41, 5.74) is 0.879. The normalized spacial score (nSPS) is 8.29. The monoisotopic (exact) mass is 195 g/mol. The number of carbonyl (C=O) groups excluding carboxylic acids is 1. The Labute approximate surface area is 84.7 Å². The summed E-state index contributed by atoms with van der Waals surface area (Å²) in [7, 11) is 1.56. The molecule has 0 fully saturated rings. The lowest BCUT2D eigenvalue weighted by Gasteiger charge is -2.02. The molecule has 0 atom stereocenters. The number of aryl methyl sites for hydroxylation is 1. The van der Waals surface area contributed by atoms with Crippen LogP contribution in [0.3, 0.4) is 0 Å². The Morgan fingerprint density at radius 2 is 2.00 bits per heavy atom. The lowest BCUT2D eigenvalue weighted by molar-refractivity contribution is 0.254. The lowest BCUT2D eigenvalue weighted by atomic mass is 10.4. The van der Waals surface area contributed by atoms with Gasteiger partial charge in [0.1, 0.15) is 5.82 Å². The number of carbonyl (C=O) groups is 1. The number of amides is 2. The number of urea groups is 1. The Bertz CT molecular complexity index is 286. The van der Waals surface area contributed by atoms with Gasteiger partial charge in [-0.15, -0.1) is 0 Å². The van der Waals surface area contributed by atoms with Crippen LogP contribution in [0.15, 0.2) is 18.2 Å². The quantitative estimate of drug-likeness (QED) is 0.721. The van der Waals surface area contributed by atoms with Crippen molar-refractivity contribution in [2.24, 2.45) is 0 Å². The third-order valence-electron chi connectivity index (χ3n) is 1.36. The molecule has 0 bridgehead atoms. The molecule has 1 rings (SSSR count). The molecular formula is C10H17N3O. The fraction of sp³-hybridized carbons (Fsp3) is 0.400. The van der Waals surface area contributed by atoms with Gasteiger partial charge in [-0.1, -0.05) is 19.9 Å². The fourth-order valence-corrected chi connectivity index (χ4v) is 0.791. The van der Waals surface area contributed by atoms with E-state index in [2.05, 4.69) is 15.6 Å². The van der Waals surface area contributed by atoms with Crippen LogP contribution < -0.4 is 10.6 Å². The third-order valence-corrected chi connectivity index (χ3v) is 1.36. The molecule has 0 aliphatic carbocycles. The molecule has 0 saturated carbocycles. The van der Waals surface area contributed by atoms with E-state index in [1.807, 2.05) is 32.9 Å². The minimum absolute atomic E-state index is 0.256. The van der Waals surface area contributed by atoms with Crippen molar-refractivity contribution in [1.29, 1.82) is 0 Å². The van der Waals surface area contributed by atoms with E-state index in [-0.39, 0.29) is 6.03 Å². The van der Waals surface area contributed by atoms with Crippen molar-refractivity contribution in [3.8, 4) is 0 Å². The maximum absolute atomic E-state index is 10.8. The molecule has 0 aliphatic heterocycles. The summed E-state index contributed by atoms with van der Waals surface area (Å²) in [6.07, 6.45) is 0. The number of nitrogens with one attached hydrogen (secondary N) is 2. The molecular weight excluding hydrogens is 178 g/mol. The van der Waals surface area contributed by atoms with Crippen LogP contribution in [0, 0.1) is 6.92 Å². The van der Waals surface area contributed by atoms with Gasteiger partial charge in [0.25, 0.3) is 0 Å². The van der Waals surface area contributed by atoms with Gasteiger partial charge in [0.15, 0.2) is 0 Å². The number of hydrogen-bond acceptors (Lipinski definition) is 2. The Balaban J connectivity index is 0.000000791. The molecule has 14 heavy (non-hydrogen) atoms. The summed E-state index contributed by atoms with van der Waals surface area (Å²) < 4.78 is 0. The van der Waals surface area contributed by atoms with Crippen LogP contribution in [0.25, 0.3) is 0 Å². The van der Waals surface area contributed by atoms with Gasteiger partial charge in [0, 0.05) is 12.7 Å². The predicted octanol–water partition coefficient (Wildman–Crippen LogP) is 2.17. The predicted molar refractivity (Wildman–Crippen MR) is 58.4 cm³/mol. The van der Waals surface area contributed by atoms with E-state index in [0.29, 0.717) is 5.82 Å². The number of nitrogens with zero attached hydrogens (tertiary/aromatic N) is 1. The minimum Gasteiger partial charge on any atom is -0.341 e. The van der Waals surface area contributed by atoms with Crippen molar-refractivity contribution in [2.75, 3.05) is 12.4 Å². The molecule has 2 amide bonds. The van der Waals surface area contributed by atoms with Crippen LogP contribution in [0.4, 0.5) is 10.6 Å². The van der Waals surface area contributed by atoms with Crippen molar-refractivity contribution < 1.29 is 4.79 Å². The molecule has 0 radical (unpaired) electrons. The topological polar surface area (TPSA) is 54.0 Å². The van der Waals surface area contributed by atoms with E-state index >= 15 is 0 Å². The highest BCUT2D eigenvalue weighted by molar-refractivity contribution is 5.87. The maximum atomic E-state index is 10.8. The van der Waals surface area contributed by atoms with Gasteiger partial charge in [-0.3, -0.25) is 5.32 Å². The Morgan fingerprint density at radius 1 is 1.36 bits per heavy atom. The van der Waals surface area contributed by atoms with Crippen molar-refractivity contribution in [3.05, 3.63) is 23.9 Å². The van der Waals surface area contributed by atoms with Crippen LogP contribution >= 0.6 is 0 Å². The first-order valence-electron chi connectivity index (χ1n) is 4.65. The second kappa shape index (κ2) is 6.88. The molecule has 0 unspecified atom stereocenters. The van der Waals surface area contributed by atoms with E-state index in [9.17, 15) is 4.79 Å². The SMILES string of the molecule is CC.CNC(=O)Nc1cccc(C)n1. The molecule has 2 N–H and O–H groups in total. The van der Waals surface area contributed by atoms with Crippen molar-refractivity contribution in [2.45, 2.75) is 20.8 Å². The highest BCUT2D eigenvalue weighted by Crippen LogP contribution is 2.02. The Kier molecular flexibility index (Phi) is 6.11. The molecule has 78 valence electrons. The largest absolute Gasteiger partial charge is 0.341 e. The van der Waals surface area contributed by atoms with Gasteiger partial charge in [0.05, 0.1) is 0 Å². The molecule has 0 aromatic carbocycles. The number of hydrogen-bond donors (Lipinski definition) is 2. The molecule has 4 nitrogen and oxygen atoms in total. The molecule has 0 saturated heterocycles. The zero-order chi connectivity index (χ0) is 11.0. The van der Waals surface area contributed by atoms with E-state index < -0.39 is 0 Å². The van der Waals surface area contributed by atoms with Crippen LogP contribution in [-0.2, 0) is 0 Å². The standard InChI is InChI=1S/C8H11N3O.C2H6/c1-6-4-3-5-7(10-6)11-8(12)9-2;1-2/h3-5H,1-2H3,(H2,9,10,11,12);1-2H3. The minimum atomic E-state index is -0.256. The highest BCUT2D eigenvalue weighted by atomic mass is 16.2. The summed E-state index contributed by atoms with van der Waals surface area (Å²) in [5, 5.41) is 5.01.